The number of carbonyl (C=O) groups is 3. The molecule has 6 heteroatoms. The topological polar surface area (TPSA) is 94.9 Å². The molecule has 0 aromatic heterocycles. The first-order valence-electron chi connectivity index (χ1n) is 9.29. The number of hydrogen-bond acceptors (Lipinski definition) is 3. The zero-order chi connectivity index (χ0) is 18.2. The van der Waals surface area contributed by atoms with Crippen LogP contribution in [0.15, 0.2) is 0 Å². The fourth-order valence-electron chi connectivity index (χ4n) is 2.70. The lowest BCUT2D eigenvalue weighted by Gasteiger charge is -2.11. The summed E-state index contributed by atoms with van der Waals surface area (Å²) in [5, 5.41) is 17.3. The number of unbranched alkanes of at least 4 members (excludes halogenated alkanes) is 12. The predicted molar refractivity (Wildman–Crippen MR) is 93.2 cm³/mol. The molecule has 0 saturated carbocycles. The van der Waals surface area contributed by atoms with Crippen molar-refractivity contribution in [1.29, 1.82) is 0 Å². The number of nitrogens with zero attached hydrogens (tertiary/aromatic N) is 1. The van der Waals surface area contributed by atoms with E-state index in [2.05, 4.69) is 6.92 Å². The minimum atomic E-state index is -1.73. The summed E-state index contributed by atoms with van der Waals surface area (Å²) >= 11 is 0. The first-order valence-corrected chi connectivity index (χ1v) is 9.29. The Balaban J connectivity index is 3.43. The minimum Gasteiger partial charge on any atom is -0.464 e. The molecular weight excluding hydrogens is 310 g/mol. The molecule has 0 spiro atoms. The van der Waals surface area contributed by atoms with Crippen LogP contribution in [0.25, 0.3) is 0 Å². The van der Waals surface area contributed by atoms with Crippen LogP contribution in [-0.4, -0.2) is 33.2 Å². The van der Waals surface area contributed by atoms with E-state index >= 15 is 0 Å². The fourth-order valence-corrected chi connectivity index (χ4v) is 2.70. The Bertz CT molecular complexity index is 356. The second-order valence-electron chi connectivity index (χ2n) is 6.29. The van der Waals surface area contributed by atoms with Crippen molar-refractivity contribution in [3.05, 3.63) is 0 Å². The molecule has 0 fully saturated rings. The molecule has 0 bridgehead atoms. The Morgan fingerprint density at radius 2 is 0.958 bits per heavy atom. The summed E-state index contributed by atoms with van der Waals surface area (Å²) in [4.78, 5) is 32.6. The lowest BCUT2D eigenvalue weighted by Crippen LogP contribution is -2.39. The summed E-state index contributed by atoms with van der Waals surface area (Å²) < 4.78 is 0. The van der Waals surface area contributed by atoms with Gasteiger partial charge in [-0.3, -0.25) is 4.79 Å². The zero-order valence-corrected chi connectivity index (χ0v) is 15.0. The molecule has 0 aromatic carbocycles. The molecule has 0 unspecified atom stereocenters. The smallest absolute Gasteiger partial charge is 0.423 e. The van der Waals surface area contributed by atoms with Gasteiger partial charge in [0.1, 0.15) is 0 Å². The molecule has 0 radical (unpaired) electrons. The molecule has 0 aromatic rings. The Labute approximate surface area is 145 Å². The van der Waals surface area contributed by atoms with Gasteiger partial charge in [0.25, 0.3) is 0 Å². The molecule has 0 saturated heterocycles. The third kappa shape index (κ3) is 11.9. The number of hydrogen-bond donors (Lipinski definition) is 2. The molecule has 3 amide bonds. The van der Waals surface area contributed by atoms with Crippen LogP contribution < -0.4 is 0 Å². The largest absolute Gasteiger partial charge is 0.464 e. The fraction of sp³-hybridized carbons (Fsp3) is 0.833. The van der Waals surface area contributed by atoms with Gasteiger partial charge in [0.05, 0.1) is 0 Å². The third-order valence-electron chi connectivity index (χ3n) is 4.13. The van der Waals surface area contributed by atoms with Crippen LogP contribution in [0.4, 0.5) is 9.59 Å². The second kappa shape index (κ2) is 15.0. The van der Waals surface area contributed by atoms with E-state index in [0.717, 1.165) is 19.3 Å². The molecular formula is C18H33NO5. The van der Waals surface area contributed by atoms with Crippen molar-refractivity contribution in [3.8, 4) is 0 Å². The van der Waals surface area contributed by atoms with Crippen LogP contribution >= 0.6 is 0 Å². The molecule has 0 aliphatic heterocycles. The first kappa shape index (κ1) is 22.4. The van der Waals surface area contributed by atoms with Gasteiger partial charge in [-0.1, -0.05) is 84.0 Å². The average molecular weight is 343 g/mol. The van der Waals surface area contributed by atoms with E-state index in [1.165, 1.54) is 57.8 Å². The SMILES string of the molecule is CCCCCCCCCCCCCCCC(=O)N(C(=O)O)C(=O)O. The molecule has 0 atom stereocenters. The summed E-state index contributed by atoms with van der Waals surface area (Å²) in [5.74, 6) is -0.863. The molecule has 0 heterocycles. The van der Waals surface area contributed by atoms with Crippen molar-refractivity contribution < 1.29 is 24.6 Å². The van der Waals surface area contributed by atoms with E-state index in [1.54, 1.807) is 0 Å². The maximum absolute atomic E-state index is 11.5. The van der Waals surface area contributed by atoms with E-state index < -0.39 is 18.1 Å². The summed E-state index contributed by atoms with van der Waals surface area (Å²) in [6, 6.07) is 0. The Morgan fingerprint density at radius 1 is 0.625 bits per heavy atom. The first-order chi connectivity index (χ1) is 11.5. The number of carbonyl (C=O) groups excluding carboxylic acids is 1. The Kier molecular flexibility index (Phi) is 14.0. The van der Waals surface area contributed by atoms with E-state index in [9.17, 15) is 14.4 Å². The monoisotopic (exact) mass is 343 g/mol. The minimum absolute atomic E-state index is 0.0314. The molecule has 6 nitrogen and oxygen atoms in total. The lowest BCUT2D eigenvalue weighted by molar-refractivity contribution is -0.127. The normalized spacial score (nSPS) is 10.5. The average Bonchev–Trinajstić information content (AvgIpc) is 2.51. The van der Waals surface area contributed by atoms with Gasteiger partial charge < -0.3 is 10.2 Å². The summed E-state index contributed by atoms with van der Waals surface area (Å²) in [6.45, 7) is 2.23. The molecule has 0 rings (SSSR count). The van der Waals surface area contributed by atoms with Crippen LogP contribution in [0, 0.1) is 0 Å². The molecule has 0 aliphatic rings. The van der Waals surface area contributed by atoms with Crippen molar-refractivity contribution in [3.63, 3.8) is 0 Å². The van der Waals surface area contributed by atoms with E-state index in [-0.39, 0.29) is 11.3 Å². The summed E-state index contributed by atoms with van der Waals surface area (Å²) in [5.41, 5.74) is 0. The van der Waals surface area contributed by atoms with Crippen LogP contribution in [0.2, 0.25) is 0 Å². The van der Waals surface area contributed by atoms with Gasteiger partial charge in [0.15, 0.2) is 0 Å². The highest BCUT2D eigenvalue weighted by atomic mass is 16.4. The maximum atomic E-state index is 11.5. The van der Waals surface area contributed by atoms with Crippen LogP contribution in [0.3, 0.4) is 0 Å². The van der Waals surface area contributed by atoms with Gasteiger partial charge >= 0.3 is 12.2 Å². The van der Waals surface area contributed by atoms with Crippen molar-refractivity contribution in [1.82, 2.24) is 4.90 Å². The third-order valence-corrected chi connectivity index (χ3v) is 4.13. The predicted octanol–water partition coefficient (Wildman–Crippen LogP) is 5.65. The second-order valence-corrected chi connectivity index (χ2v) is 6.29. The quantitative estimate of drug-likeness (QED) is 0.397. The van der Waals surface area contributed by atoms with Crippen molar-refractivity contribution in [2.24, 2.45) is 0 Å². The van der Waals surface area contributed by atoms with Gasteiger partial charge in [-0.25, -0.2) is 9.59 Å². The molecule has 2 N–H and O–H groups in total. The number of carboxylic acid groups (broad SMARTS) is 2. The Hall–Kier alpha value is -1.59. The number of imide groups is 3. The van der Waals surface area contributed by atoms with Gasteiger partial charge in [0.2, 0.25) is 5.91 Å². The highest BCUT2D eigenvalue weighted by molar-refractivity contribution is 6.05. The van der Waals surface area contributed by atoms with Crippen molar-refractivity contribution in [2.75, 3.05) is 0 Å². The van der Waals surface area contributed by atoms with Gasteiger partial charge in [-0.2, -0.15) is 0 Å². The highest BCUT2D eigenvalue weighted by Crippen LogP contribution is 2.13. The standard InChI is InChI=1S/C18H33NO5/c1-2-3-4-5-6-7-8-9-10-11-12-13-14-15-16(20)19(17(21)22)18(23)24/h2-15H2,1H3,(H,21,22)(H,23,24). The Morgan fingerprint density at radius 3 is 1.29 bits per heavy atom. The highest BCUT2D eigenvalue weighted by Gasteiger charge is 2.26. The van der Waals surface area contributed by atoms with E-state index in [0.29, 0.717) is 6.42 Å². The zero-order valence-electron chi connectivity index (χ0n) is 15.0. The lowest BCUT2D eigenvalue weighted by atomic mass is 10.0. The van der Waals surface area contributed by atoms with Gasteiger partial charge in [0, 0.05) is 6.42 Å². The molecule has 140 valence electrons. The van der Waals surface area contributed by atoms with Crippen LogP contribution in [0.5, 0.6) is 0 Å². The molecule has 24 heavy (non-hydrogen) atoms. The molecule has 0 aliphatic carbocycles. The maximum Gasteiger partial charge on any atom is 0.423 e. The number of rotatable bonds is 14. The van der Waals surface area contributed by atoms with Crippen LogP contribution in [-0.2, 0) is 4.79 Å². The number of amides is 3. The van der Waals surface area contributed by atoms with Crippen molar-refractivity contribution >= 4 is 18.1 Å². The van der Waals surface area contributed by atoms with E-state index in [4.69, 9.17) is 10.2 Å². The van der Waals surface area contributed by atoms with Crippen molar-refractivity contribution in [2.45, 2.75) is 96.8 Å². The van der Waals surface area contributed by atoms with Gasteiger partial charge in [-0.15, -0.1) is 4.90 Å². The van der Waals surface area contributed by atoms with Gasteiger partial charge in [-0.05, 0) is 6.42 Å². The van der Waals surface area contributed by atoms with E-state index in [1.807, 2.05) is 0 Å². The summed E-state index contributed by atoms with van der Waals surface area (Å²) in [6.07, 6.45) is 11.7. The summed E-state index contributed by atoms with van der Waals surface area (Å²) in [7, 11) is 0. The van der Waals surface area contributed by atoms with Crippen LogP contribution in [0.1, 0.15) is 96.8 Å².